The van der Waals surface area contributed by atoms with Crippen LogP contribution in [-0.2, 0) is 35.0 Å². The molecule has 22 nitrogen and oxygen atoms in total. The van der Waals surface area contributed by atoms with Gasteiger partial charge in [0, 0.05) is 17.7 Å². The third-order valence-corrected chi connectivity index (χ3v) is 8.43. The summed E-state index contributed by atoms with van der Waals surface area (Å²) in [6.07, 6.45) is -17.6. The van der Waals surface area contributed by atoms with Crippen molar-refractivity contribution in [3.63, 3.8) is 0 Å². The number of aliphatic hydroxyl groups excluding tert-OH is 6. The van der Waals surface area contributed by atoms with E-state index in [1.807, 2.05) is 0 Å². The summed E-state index contributed by atoms with van der Waals surface area (Å²) in [6, 6.07) is 3.74. The molecule has 2 saturated heterocycles. The zero-order valence-electron chi connectivity index (χ0n) is 27.5. The first-order valence-electron chi connectivity index (χ1n) is 14.3. The van der Waals surface area contributed by atoms with Crippen LogP contribution in [0.5, 0.6) is 28.7 Å². The first kappa shape index (κ1) is 45.5. The van der Waals surface area contributed by atoms with Crippen LogP contribution in [-0.4, -0.2) is 135 Å². The molecule has 2 aromatic carbocycles. The fourth-order valence-corrected chi connectivity index (χ4v) is 5.84. The van der Waals surface area contributed by atoms with Crippen LogP contribution in [0.15, 0.2) is 39.5 Å². The minimum absolute atomic E-state index is 0. The van der Waals surface area contributed by atoms with Gasteiger partial charge in [-0.1, -0.05) is 0 Å². The minimum Gasteiger partial charge on any atom is -0.716 e. The van der Waals surface area contributed by atoms with E-state index < -0.39 is 140 Å². The van der Waals surface area contributed by atoms with E-state index in [4.69, 9.17) is 23.4 Å². The molecule has 0 aliphatic carbocycles. The Balaban J connectivity index is 0.00000378. The molecule has 3 heterocycles. The number of hydrogen-bond donors (Lipinski definition) is 8. The molecule has 2 aliphatic rings. The van der Waals surface area contributed by atoms with Gasteiger partial charge in [0.1, 0.15) is 59.4 Å². The van der Waals surface area contributed by atoms with Crippen molar-refractivity contribution in [2.75, 3.05) is 6.61 Å². The topological polar surface area (TPSA) is 362 Å². The van der Waals surface area contributed by atoms with Gasteiger partial charge in [-0.05, 0) is 25.1 Å². The first-order chi connectivity index (χ1) is 23.6. The van der Waals surface area contributed by atoms with Gasteiger partial charge >= 0.3 is 59.1 Å². The number of benzene rings is 2. The van der Waals surface area contributed by atoms with Crippen molar-refractivity contribution in [3.8, 4) is 40.1 Å². The van der Waals surface area contributed by atoms with E-state index in [2.05, 4.69) is 8.37 Å². The SMILES string of the molecule is C[C@@H]1O[C@@H](OC[C@H]2O[C@@H](Oc3c(-c4ccc(O)c(O)c4)oc4cc(OS(=O)(=O)[O-])cc(OS(=O)(=O)[O-])c4c3=O)[C@H](O)[C@@H](O)[C@@H]2O)[C@H](O)[C@H](O)[C@H]1O.[Na+].[Na+]. The third kappa shape index (κ3) is 10.3. The molecule has 10 atom stereocenters. The van der Waals surface area contributed by atoms with Gasteiger partial charge < -0.3 is 81.7 Å². The molecule has 2 aliphatic heterocycles. The number of hydrogen-bond acceptors (Lipinski definition) is 22. The Morgan fingerprint density at radius 3 is 1.96 bits per heavy atom. The van der Waals surface area contributed by atoms with Gasteiger partial charge in [0.25, 0.3) is 20.8 Å². The van der Waals surface area contributed by atoms with Crippen LogP contribution in [0, 0.1) is 0 Å². The number of phenols is 2. The smallest absolute Gasteiger partial charge is 0.716 e. The zero-order chi connectivity index (χ0) is 37.7. The summed E-state index contributed by atoms with van der Waals surface area (Å²) in [5, 5.41) is 81.1. The van der Waals surface area contributed by atoms with Crippen LogP contribution >= 0.6 is 0 Å². The van der Waals surface area contributed by atoms with Crippen molar-refractivity contribution in [3.05, 3.63) is 40.6 Å². The molecule has 0 unspecified atom stereocenters. The van der Waals surface area contributed by atoms with Gasteiger partial charge in [0.15, 0.2) is 29.3 Å². The second kappa shape index (κ2) is 17.5. The maximum Gasteiger partial charge on any atom is 1.00 e. The summed E-state index contributed by atoms with van der Waals surface area (Å²) < 4.78 is 104. The Hall–Kier alpha value is -1.89. The average Bonchev–Trinajstić information content (AvgIpc) is 3.02. The molecule has 3 aromatic rings. The molecular formula is C27H28Na2O22S2. The largest absolute Gasteiger partial charge is 1.00 e. The van der Waals surface area contributed by atoms with Gasteiger partial charge in [-0.25, -0.2) is 16.8 Å². The second-order valence-corrected chi connectivity index (χ2v) is 13.2. The van der Waals surface area contributed by atoms with Crippen LogP contribution in [0.3, 0.4) is 0 Å². The molecule has 8 N–H and O–H groups in total. The molecule has 0 saturated carbocycles. The summed E-state index contributed by atoms with van der Waals surface area (Å²) in [4.78, 5) is 14.0. The Labute approximate surface area is 342 Å². The predicted octanol–water partition coefficient (Wildman–Crippen LogP) is -9.41. The first-order valence-corrected chi connectivity index (χ1v) is 17.0. The molecule has 282 valence electrons. The summed E-state index contributed by atoms with van der Waals surface area (Å²) in [5.41, 5.74) is -2.56. The normalized spacial score (nSPS) is 29.1. The van der Waals surface area contributed by atoms with E-state index >= 15 is 0 Å². The van der Waals surface area contributed by atoms with Crippen molar-refractivity contribution >= 4 is 31.8 Å². The van der Waals surface area contributed by atoms with Gasteiger partial charge in [0.2, 0.25) is 17.5 Å². The third-order valence-electron chi connectivity index (χ3n) is 7.65. The maximum atomic E-state index is 14.0. The molecular weight excluding hydrogens is 786 g/mol. The van der Waals surface area contributed by atoms with E-state index in [1.165, 1.54) is 6.92 Å². The van der Waals surface area contributed by atoms with Crippen molar-refractivity contribution < 1.29 is 158 Å². The second-order valence-electron chi connectivity index (χ2n) is 11.2. The average molecular weight is 815 g/mol. The number of phenolic OH excluding ortho intramolecular Hbond substituents is 2. The minimum atomic E-state index is -5.73. The van der Waals surface area contributed by atoms with Gasteiger partial charge in [-0.3, -0.25) is 4.79 Å². The summed E-state index contributed by atoms with van der Waals surface area (Å²) in [7, 11) is -11.3. The molecule has 0 spiro atoms. The molecule has 53 heavy (non-hydrogen) atoms. The molecule has 5 rings (SSSR count). The fourth-order valence-electron chi connectivity index (χ4n) is 5.15. The monoisotopic (exact) mass is 814 g/mol. The van der Waals surface area contributed by atoms with Crippen molar-refractivity contribution in [1.29, 1.82) is 0 Å². The Kier molecular flexibility index (Phi) is 15.0. The van der Waals surface area contributed by atoms with E-state index in [-0.39, 0.29) is 64.7 Å². The fraction of sp³-hybridized carbons (Fsp3) is 0.444. The van der Waals surface area contributed by atoms with Crippen LogP contribution < -0.4 is 77.6 Å². The molecule has 0 amide bonds. The Morgan fingerprint density at radius 2 is 1.36 bits per heavy atom. The van der Waals surface area contributed by atoms with Gasteiger partial charge in [-0.2, -0.15) is 0 Å². The Morgan fingerprint density at radius 1 is 0.755 bits per heavy atom. The van der Waals surface area contributed by atoms with Gasteiger partial charge in [0.05, 0.1) is 12.7 Å². The van der Waals surface area contributed by atoms with Crippen LogP contribution in [0.1, 0.15) is 6.92 Å². The molecule has 0 radical (unpaired) electrons. The molecule has 0 bridgehead atoms. The van der Waals surface area contributed by atoms with E-state index in [9.17, 15) is 71.6 Å². The van der Waals surface area contributed by atoms with Crippen LogP contribution in [0.25, 0.3) is 22.3 Å². The number of fused-ring (bicyclic) bond motifs is 1. The maximum absolute atomic E-state index is 14.0. The molecule has 26 heteroatoms. The number of aromatic hydroxyl groups is 2. The number of rotatable bonds is 10. The Bertz CT molecular complexity index is 2060. The van der Waals surface area contributed by atoms with Crippen LogP contribution in [0.4, 0.5) is 0 Å². The quantitative estimate of drug-likeness (QED) is 0.0408. The van der Waals surface area contributed by atoms with E-state index in [0.29, 0.717) is 12.1 Å². The van der Waals surface area contributed by atoms with Crippen molar-refractivity contribution in [2.45, 2.75) is 68.3 Å². The van der Waals surface area contributed by atoms with Crippen LogP contribution in [0.2, 0.25) is 0 Å². The predicted molar refractivity (Wildman–Crippen MR) is 158 cm³/mol. The summed E-state index contributed by atoms with van der Waals surface area (Å²) >= 11 is 0. The van der Waals surface area contributed by atoms with Crippen molar-refractivity contribution in [1.82, 2.24) is 0 Å². The van der Waals surface area contributed by atoms with E-state index in [1.54, 1.807) is 0 Å². The van der Waals surface area contributed by atoms with Crippen molar-refractivity contribution in [2.24, 2.45) is 0 Å². The molecule has 2 fully saturated rings. The standard InChI is InChI=1S/C27H30O22S2.2Na/c1-8-17(30)20(33)22(35)26(44-8)43-7-15-18(31)21(34)23(36)27(46-15)47-25-19(32)16-13(45-24(25)9-2-3-11(28)12(29)4-9)5-10(48-50(37,38)39)6-14(16)49-51(40,41)42;;/h2-6,8,15,17-18,20-23,26-31,33-36H,7H2,1H3,(H,37,38,39)(H,40,41,42);;/q;2*+1/p-2/t8-,15+,17-,18+,20+,21-,22+,23+,26+,27-;;/m0../s1. The number of ether oxygens (including phenoxy) is 4. The zero-order valence-corrected chi connectivity index (χ0v) is 33.1. The summed E-state index contributed by atoms with van der Waals surface area (Å²) in [6.45, 7) is 0.604. The van der Waals surface area contributed by atoms with Gasteiger partial charge in [-0.15, -0.1) is 0 Å². The number of aliphatic hydroxyl groups is 6. The summed E-state index contributed by atoms with van der Waals surface area (Å²) in [5.74, 6) is -5.45. The van der Waals surface area contributed by atoms with E-state index in [0.717, 1.165) is 18.2 Å². The molecule has 1 aromatic heterocycles.